The van der Waals surface area contributed by atoms with Gasteiger partial charge in [-0.15, -0.1) is 0 Å². The third-order valence-electron chi connectivity index (χ3n) is 2.99. The lowest BCUT2D eigenvalue weighted by Gasteiger charge is -2.13. The average molecular weight is 320 g/mol. The van der Waals surface area contributed by atoms with Crippen LogP contribution in [0.5, 0.6) is 0 Å². The van der Waals surface area contributed by atoms with Gasteiger partial charge in [0, 0.05) is 5.69 Å². The van der Waals surface area contributed by atoms with Crippen molar-refractivity contribution in [1.29, 1.82) is 0 Å². The summed E-state index contributed by atoms with van der Waals surface area (Å²) in [5, 5.41) is 8.11. The van der Waals surface area contributed by atoms with E-state index in [9.17, 15) is 14.4 Å². The largest absolute Gasteiger partial charge is 0.342 e. The standard InChI is InChI=1S/C14H16N4O3S/c1-7-4-5-8(2)10(6-7)15-11(19)9(3)22-13-12(20)16-14(21)18-17-13/h4-6,9H,1-3H3,(H,15,19)(H2,16,18,20,21). The lowest BCUT2D eigenvalue weighted by molar-refractivity contribution is -0.115. The molecule has 1 unspecified atom stereocenters. The summed E-state index contributed by atoms with van der Waals surface area (Å²) in [7, 11) is 0. The molecule has 116 valence electrons. The molecule has 2 aromatic rings. The molecule has 0 spiro atoms. The molecule has 8 heteroatoms. The van der Waals surface area contributed by atoms with Gasteiger partial charge in [-0.25, -0.2) is 9.89 Å². The zero-order chi connectivity index (χ0) is 16.3. The van der Waals surface area contributed by atoms with E-state index in [-0.39, 0.29) is 10.9 Å². The van der Waals surface area contributed by atoms with Crippen LogP contribution in [-0.2, 0) is 4.79 Å². The van der Waals surface area contributed by atoms with Gasteiger partial charge in [0.25, 0.3) is 5.56 Å². The fourth-order valence-corrected chi connectivity index (χ4v) is 2.50. The second kappa shape index (κ2) is 6.61. The molecule has 3 N–H and O–H groups in total. The Hall–Kier alpha value is -2.35. The van der Waals surface area contributed by atoms with Gasteiger partial charge in [0.15, 0.2) is 5.03 Å². The summed E-state index contributed by atoms with van der Waals surface area (Å²) in [6, 6.07) is 5.78. The molecule has 22 heavy (non-hydrogen) atoms. The minimum atomic E-state index is -0.679. The van der Waals surface area contributed by atoms with Crippen molar-refractivity contribution in [3.05, 3.63) is 50.2 Å². The third kappa shape index (κ3) is 3.85. The van der Waals surface area contributed by atoms with Crippen molar-refractivity contribution in [2.24, 2.45) is 0 Å². The number of H-pyrrole nitrogens is 2. The first-order valence-electron chi connectivity index (χ1n) is 6.60. The predicted octanol–water partition coefficient (Wildman–Crippen LogP) is 1.19. The Morgan fingerprint density at radius 1 is 1.32 bits per heavy atom. The summed E-state index contributed by atoms with van der Waals surface area (Å²) in [5.74, 6) is -0.244. The van der Waals surface area contributed by atoms with Crippen LogP contribution in [0.25, 0.3) is 0 Å². The van der Waals surface area contributed by atoms with Crippen molar-refractivity contribution in [2.45, 2.75) is 31.0 Å². The van der Waals surface area contributed by atoms with Crippen LogP contribution in [0.1, 0.15) is 18.1 Å². The molecule has 0 saturated carbocycles. The van der Waals surface area contributed by atoms with E-state index >= 15 is 0 Å². The van der Waals surface area contributed by atoms with Gasteiger partial charge in [0.2, 0.25) is 5.91 Å². The van der Waals surface area contributed by atoms with E-state index in [2.05, 4.69) is 20.5 Å². The first-order chi connectivity index (χ1) is 10.4. The van der Waals surface area contributed by atoms with Crippen LogP contribution >= 0.6 is 11.8 Å². The maximum absolute atomic E-state index is 12.2. The first-order valence-corrected chi connectivity index (χ1v) is 7.48. The predicted molar refractivity (Wildman–Crippen MR) is 85.3 cm³/mol. The summed E-state index contributed by atoms with van der Waals surface area (Å²) in [6.07, 6.45) is 0. The van der Waals surface area contributed by atoms with E-state index in [0.717, 1.165) is 28.6 Å². The molecule has 1 aromatic heterocycles. The summed E-state index contributed by atoms with van der Waals surface area (Å²) in [6.45, 7) is 5.51. The monoisotopic (exact) mass is 320 g/mol. The Kier molecular flexibility index (Phi) is 4.81. The molecule has 0 radical (unpaired) electrons. The zero-order valence-corrected chi connectivity index (χ0v) is 13.2. The molecular weight excluding hydrogens is 304 g/mol. The first kappa shape index (κ1) is 16.0. The molecule has 0 saturated heterocycles. The number of aromatic nitrogens is 3. The number of aromatic amines is 2. The minimum Gasteiger partial charge on any atom is -0.325 e. The van der Waals surface area contributed by atoms with Crippen LogP contribution in [0.4, 0.5) is 5.69 Å². The van der Waals surface area contributed by atoms with Crippen LogP contribution in [0, 0.1) is 13.8 Å². The third-order valence-corrected chi connectivity index (χ3v) is 4.06. The lowest BCUT2D eigenvalue weighted by Crippen LogP contribution is -2.28. The SMILES string of the molecule is Cc1ccc(C)c(NC(=O)C(C)Sc2n[nH]c(=O)[nH]c2=O)c1. The van der Waals surface area contributed by atoms with Gasteiger partial charge >= 0.3 is 5.69 Å². The normalized spacial score (nSPS) is 12.0. The van der Waals surface area contributed by atoms with Crippen molar-refractivity contribution in [2.75, 3.05) is 5.32 Å². The fraction of sp³-hybridized carbons (Fsp3) is 0.286. The molecule has 0 fully saturated rings. The number of hydrogen-bond acceptors (Lipinski definition) is 5. The van der Waals surface area contributed by atoms with Crippen molar-refractivity contribution in [1.82, 2.24) is 15.2 Å². The lowest BCUT2D eigenvalue weighted by atomic mass is 10.1. The van der Waals surface area contributed by atoms with E-state index in [1.807, 2.05) is 32.0 Å². The van der Waals surface area contributed by atoms with Gasteiger partial charge in [-0.3, -0.25) is 14.6 Å². The second-order valence-electron chi connectivity index (χ2n) is 4.88. The number of thioether (sulfide) groups is 1. The molecule has 1 heterocycles. The number of carbonyl (C=O) groups excluding carboxylic acids is 1. The van der Waals surface area contributed by atoms with Crippen molar-refractivity contribution in [3.8, 4) is 0 Å². The topological polar surface area (TPSA) is 108 Å². The number of rotatable bonds is 4. The Morgan fingerprint density at radius 2 is 2.05 bits per heavy atom. The highest BCUT2D eigenvalue weighted by Gasteiger charge is 2.18. The number of carbonyl (C=O) groups is 1. The molecule has 1 atom stereocenters. The number of benzene rings is 1. The maximum atomic E-state index is 12.2. The van der Waals surface area contributed by atoms with Crippen LogP contribution in [0.15, 0.2) is 32.8 Å². The van der Waals surface area contributed by atoms with Crippen molar-refractivity contribution in [3.63, 3.8) is 0 Å². The van der Waals surface area contributed by atoms with Gasteiger partial charge < -0.3 is 5.32 Å². The van der Waals surface area contributed by atoms with Crippen molar-refractivity contribution < 1.29 is 4.79 Å². The quantitative estimate of drug-likeness (QED) is 0.734. The number of hydrogen-bond donors (Lipinski definition) is 3. The number of nitrogens with zero attached hydrogens (tertiary/aromatic N) is 1. The summed E-state index contributed by atoms with van der Waals surface area (Å²) < 4.78 is 0. The van der Waals surface area contributed by atoms with E-state index in [0.29, 0.717) is 0 Å². The summed E-state index contributed by atoms with van der Waals surface area (Å²) in [4.78, 5) is 36.8. The zero-order valence-electron chi connectivity index (χ0n) is 12.4. The molecule has 1 aromatic carbocycles. The Labute approximate surface area is 130 Å². The van der Waals surface area contributed by atoms with Gasteiger partial charge in [0.05, 0.1) is 5.25 Å². The highest BCUT2D eigenvalue weighted by atomic mass is 32.2. The second-order valence-corrected chi connectivity index (χ2v) is 6.21. The van der Waals surface area contributed by atoms with Crippen LogP contribution in [-0.4, -0.2) is 26.3 Å². The molecule has 7 nitrogen and oxygen atoms in total. The van der Waals surface area contributed by atoms with Gasteiger partial charge in [-0.05, 0) is 38.0 Å². The van der Waals surface area contributed by atoms with E-state index in [4.69, 9.17) is 0 Å². The minimum absolute atomic E-state index is 0.0446. The fourth-order valence-electron chi connectivity index (χ4n) is 1.74. The Balaban J connectivity index is 2.10. The Morgan fingerprint density at radius 3 is 2.73 bits per heavy atom. The maximum Gasteiger partial charge on any atom is 0.342 e. The summed E-state index contributed by atoms with van der Waals surface area (Å²) in [5.41, 5.74) is 1.44. The van der Waals surface area contributed by atoms with Crippen LogP contribution in [0.2, 0.25) is 0 Å². The van der Waals surface area contributed by atoms with E-state index < -0.39 is 16.5 Å². The molecule has 0 bridgehead atoms. The number of aryl methyl sites for hydroxylation is 2. The Bertz CT molecular complexity index is 812. The van der Waals surface area contributed by atoms with Crippen molar-refractivity contribution >= 4 is 23.4 Å². The molecule has 2 rings (SSSR count). The molecule has 1 amide bonds. The molecular formula is C14H16N4O3S. The van der Waals surface area contributed by atoms with Crippen LogP contribution in [0.3, 0.4) is 0 Å². The molecule has 0 aliphatic heterocycles. The summed E-state index contributed by atoms with van der Waals surface area (Å²) >= 11 is 0.979. The molecule has 0 aliphatic rings. The average Bonchev–Trinajstić information content (AvgIpc) is 2.45. The van der Waals surface area contributed by atoms with E-state index in [1.54, 1.807) is 6.92 Å². The number of nitrogens with one attached hydrogen (secondary N) is 3. The number of amides is 1. The van der Waals surface area contributed by atoms with Gasteiger partial charge in [-0.1, -0.05) is 23.9 Å². The van der Waals surface area contributed by atoms with Gasteiger partial charge in [0.1, 0.15) is 0 Å². The number of anilines is 1. The van der Waals surface area contributed by atoms with Gasteiger partial charge in [-0.2, -0.15) is 5.10 Å². The van der Waals surface area contributed by atoms with E-state index in [1.165, 1.54) is 0 Å². The van der Waals surface area contributed by atoms with Crippen LogP contribution < -0.4 is 16.6 Å². The highest BCUT2D eigenvalue weighted by Crippen LogP contribution is 2.21. The highest BCUT2D eigenvalue weighted by molar-refractivity contribution is 8.00. The molecule has 0 aliphatic carbocycles. The smallest absolute Gasteiger partial charge is 0.325 e.